The third kappa shape index (κ3) is 1.81. The van der Waals surface area contributed by atoms with Gasteiger partial charge in [-0.15, -0.1) is 0 Å². The van der Waals surface area contributed by atoms with E-state index in [-0.39, 0.29) is 5.41 Å². The SMILES string of the molecule is COC(C)CNC1C2CCOC2C1(C)C. The quantitative estimate of drug-likeness (QED) is 0.766. The minimum atomic E-state index is 0.286. The van der Waals surface area contributed by atoms with Crippen molar-refractivity contribution in [2.24, 2.45) is 11.3 Å². The predicted molar refractivity (Wildman–Crippen MR) is 59.9 cm³/mol. The van der Waals surface area contributed by atoms with E-state index in [2.05, 4.69) is 26.1 Å². The average Bonchev–Trinajstić information content (AvgIpc) is 2.63. The number of methoxy groups -OCH3 is 1. The Labute approximate surface area is 92.5 Å². The summed E-state index contributed by atoms with van der Waals surface area (Å²) in [6.07, 6.45) is 1.99. The van der Waals surface area contributed by atoms with Gasteiger partial charge in [-0.05, 0) is 13.3 Å². The monoisotopic (exact) mass is 213 g/mol. The van der Waals surface area contributed by atoms with Crippen LogP contribution in [0, 0.1) is 11.3 Å². The van der Waals surface area contributed by atoms with Crippen LogP contribution in [0.4, 0.5) is 0 Å². The van der Waals surface area contributed by atoms with Gasteiger partial charge in [-0.25, -0.2) is 0 Å². The molecule has 4 unspecified atom stereocenters. The smallest absolute Gasteiger partial charge is 0.0685 e. The lowest BCUT2D eigenvalue weighted by Crippen LogP contribution is -2.66. The molecule has 1 saturated carbocycles. The molecule has 3 heteroatoms. The van der Waals surface area contributed by atoms with E-state index in [0.29, 0.717) is 18.2 Å². The lowest BCUT2D eigenvalue weighted by atomic mass is 9.57. The molecule has 2 rings (SSSR count). The maximum Gasteiger partial charge on any atom is 0.0685 e. The van der Waals surface area contributed by atoms with Gasteiger partial charge in [-0.3, -0.25) is 0 Å². The highest BCUT2D eigenvalue weighted by atomic mass is 16.5. The lowest BCUT2D eigenvalue weighted by molar-refractivity contribution is -0.114. The topological polar surface area (TPSA) is 30.5 Å². The second kappa shape index (κ2) is 4.04. The van der Waals surface area contributed by atoms with Crippen molar-refractivity contribution < 1.29 is 9.47 Å². The second-order valence-corrected chi connectivity index (χ2v) is 5.50. The standard InChI is InChI=1S/C12H23NO2/c1-8(14-4)7-13-10-9-5-6-15-11(9)12(10,2)3/h8-11,13H,5-7H2,1-4H3. The Bertz CT molecular complexity index is 230. The molecule has 1 aliphatic carbocycles. The van der Waals surface area contributed by atoms with Crippen molar-refractivity contribution >= 4 is 0 Å². The largest absolute Gasteiger partial charge is 0.380 e. The molecule has 1 saturated heterocycles. The minimum absolute atomic E-state index is 0.286. The van der Waals surface area contributed by atoms with E-state index in [4.69, 9.17) is 9.47 Å². The summed E-state index contributed by atoms with van der Waals surface area (Å²) in [6.45, 7) is 8.58. The number of hydrogen-bond donors (Lipinski definition) is 1. The molecule has 1 N–H and O–H groups in total. The van der Waals surface area contributed by atoms with Crippen molar-refractivity contribution in [1.82, 2.24) is 5.32 Å². The maximum atomic E-state index is 5.76. The van der Waals surface area contributed by atoms with Crippen LogP contribution in [-0.4, -0.2) is 38.5 Å². The van der Waals surface area contributed by atoms with Crippen molar-refractivity contribution in [1.29, 1.82) is 0 Å². The van der Waals surface area contributed by atoms with Crippen molar-refractivity contribution in [2.45, 2.75) is 45.4 Å². The molecule has 88 valence electrons. The summed E-state index contributed by atoms with van der Waals surface area (Å²) in [5.41, 5.74) is 0.286. The molecule has 2 fully saturated rings. The van der Waals surface area contributed by atoms with Crippen molar-refractivity contribution in [2.75, 3.05) is 20.3 Å². The van der Waals surface area contributed by atoms with Crippen LogP contribution in [0.2, 0.25) is 0 Å². The molecule has 0 aromatic rings. The molecule has 0 aromatic heterocycles. The third-order valence-electron chi connectivity index (χ3n) is 4.13. The van der Waals surface area contributed by atoms with Crippen LogP contribution in [0.15, 0.2) is 0 Å². The zero-order valence-corrected chi connectivity index (χ0v) is 10.2. The van der Waals surface area contributed by atoms with Gasteiger partial charge in [0.15, 0.2) is 0 Å². The maximum absolute atomic E-state index is 5.76. The van der Waals surface area contributed by atoms with E-state index in [9.17, 15) is 0 Å². The molecule has 0 bridgehead atoms. The number of hydrogen-bond acceptors (Lipinski definition) is 3. The molecule has 15 heavy (non-hydrogen) atoms. The third-order valence-corrected chi connectivity index (χ3v) is 4.13. The molecule has 3 nitrogen and oxygen atoms in total. The molecule has 0 amide bonds. The van der Waals surface area contributed by atoms with E-state index in [0.717, 1.165) is 19.1 Å². The first-order valence-corrected chi connectivity index (χ1v) is 5.95. The highest BCUT2D eigenvalue weighted by Crippen LogP contribution is 2.51. The van der Waals surface area contributed by atoms with Gasteiger partial charge >= 0.3 is 0 Å². The summed E-state index contributed by atoms with van der Waals surface area (Å²) in [6, 6.07) is 0.600. The van der Waals surface area contributed by atoms with Gasteiger partial charge in [-0.2, -0.15) is 0 Å². The first-order valence-electron chi connectivity index (χ1n) is 5.95. The summed E-state index contributed by atoms with van der Waals surface area (Å²) >= 11 is 0. The number of fused-ring (bicyclic) bond motifs is 1. The van der Waals surface area contributed by atoms with Crippen LogP contribution >= 0.6 is 0 Å². The van der Waals surface area contributed by atoms with Crippen molar-refractivity contribution in [3.63, 3.8) is 0 Å². The molecule has 0 spiro atoms. The Balaban J connectivity index is 1.87. The van der Waals surface area contributed by atoms with E-state index in [1.54, 1.807) is 7.11 Å². The number of nitrogens with one attached hydrogen (secondary N) is 1. The van der Waals surface area contributed by atoms with Crippen LogP contribution in [-0.2, 0) is 9.47 Å². The number of ether oxygens (including phenoxy) is 2. The molecule has 2 aliphatic rings. The Morgan fingerprint density at radius 1 is 1.53 bits per heavy atom. The van der Waals surface area contributed by atoms with E-state index in [1.807, 2.05) is 0 Å². The van der Waals surface area contributed by atoms with Gasteiger partial charge in [0.2, 0.25) is 0 Å². The van der Waals surface area contributed by atoms with Crippen LogP contribution in [0.1, 0.15) is 27.2 Å². The predicted octanol–water partition coefficient (Wildman–Crippen LogP) is 1.42. The van der Waals surface area contributed by atoms with Gasteiger partial charge in [0.1, 0.15) is 0 Å². The zero-order valence-electron chi connectivity index (χ0n) is 10.2. The molecule has 0 aromatic carbocycles. The molecular weight excluding hydrogens is 190 g/mol. The zero-order chi connectivity index (χ0) is 11.1. The van der Waals surface area contributed by atoms with Gasteiger partial charge in [-0.1, -0.05) is 13.8 Å². The summed E-state index contributed by atoms with van der Waals surface area (Å²) < 4.78 is 11.0. The van der Waals surface area contributed by atoms with E-state index < -0.39 is 0 Å². The Hall–Kier alpha value is -0.120. The molecular formula is C12H23NO2. The van der Waals surface area contributed by atoms with Gasteiger partial charge in [0, 0.05) is 37.6 Å². The van der Waals surface area contributed by atoms with E-state index >= 15 is 0 Å². The summed E-state index contributed by atoms with van der Waals surface area (Å²) in [7, 11) is 1.76. The first-order chi connectivity index (χ1) is 7.07. The summed E-state index contributed by atoms with van der Waals surface area (Å²) in [5.74, 6) is 0.726. The summed E-state index contributed by atoms with van der Waals surface area (Å²) in [4.78, 5) is 0. The first kappa shape index (κ1) is 11.4. The van der Waals surface area contributed by atoms with Crippen LogP contribution < -0.4 is 5.32 Å². The second-order valence-electron chi connectivity index (χ2n) is 5.50. The Morgan fingerprint density at radius 3 is 2.93 bits per heavy atom. The fourth-order valence-corrected chi connectivity index (χ4v) is 3.11. The normalized spacial score (nSPS) is 39.6. The van der Waals surface area contributed by atoms with Gasteiger partial charge < -0.3 is 14.8 Å². The van der Waals surface area contributed by atoms with Crippen LogP contribution in [0.3, 0.4) is 0 Å². The molecule has 1 heterocycles. The average molecular weight is 213 g/mol. The fraction of sp³-hybridized carbons (Fsp3) is 1.00. The fourth-order valence-electron chi connectivity index (χ4n) is 3.11. The minimum Gasteiger partial charge on any atom is -0.380 e. The lowest BCUT2D eigenvalue weighted by Gasteiger charge is -2.55. The summed E-state index contributed by atoms with van der Waals surface area (Å²) in [5, 5.41) is 3.63. The number of rotatable bonds is 4. The van der Waals surface area contributed by atoms with E-state index in [1.165, 1.54) is 6.42 Å². The Kier molecular flexibility index (Phi) is 3.06. The van der Waals surface area contributed by atoms with Gasteiger partial charge in [0.05, 0.1) is 12.2 Å². The highest BCUT2D eigenvalue weighted by molar-refractivity contribution is 5.11. The van der Waals surface area contributed by atoms with Crippen molar-refractivity contribution in [3.8, 4) is 0 Å². The van der Waals surface area contributed by atoms with Gasteiger partial charge in [0.25, 0.3) is 0 Å². The highest BCUT2D eigenvalue weighted by Gasteiger charge is 2.58. The molecule has 1 aliphatic heterocycles. The molecule has 0 radical (unpaired) electrons. The Morgan fingerprint density at radius 2 is 2.27 bits per heavy atom. The molecule has 4 atom stereocenters. The van der Waals surface area contributed by atoms with Crippen LogP contribution in [0.5, 0.6) is 0 Å². The van der Waals surface area contributed by atoms with Crippen molar-refractivity contribution in [3.05, 3.63) is 0 Å². The van der Waals surface area contributed by atoms with Crippen LogP contribution in [0.25, 0.3) is 0 Å².